The minimum atomic E-state index is -3.98. The summed E-state index contributed by atoms with van der Waals surface area (Å²) < 4.78 is 25.6. The number of nitrogens with zero attached hydrogens (tertiary/aromatic N) is 2. The summed E-state index contributed by atoms with van der Waals surface area (Å²) in [5, 5.41) is 8.99. The fourth-order valence-electron chi connectivity index (χ4n) is 2.73. The van der Waals surface area contributed by atoms with Crippen molar-refractivity contribution in [3.63, 3.8) is 0 Å². The maximum Gasteiger partial charge on any atom is 0.323 e. The van der Waals surface area contributed by atoms with E-state index >= 15 is 0 Å². The summed E-state index contributed by atoms with van der Waals surface area (Å²) in [6.07, 6.45) is 0. The zero-order valence-corrected chi connectivity index (χ0v) is 15.0. The highest BCUT2D eigenvalue weighted by Gasteiger charge is 2.40. The second-order valence-electron chi connectivity index (χ2n) is 6.16. The first-order chi connectivity index (χ1) is 11.6. The monoisotopic (exact) mass is 368 g/mol. The van der Waals surface area contributed by atoms with Gasteiger partial charge in [0.15, 0.2) is 0 Å². The lowest BCUT2D eigenvalue weighted by atomic mass is 10.1. The summed E-state index contributed by atoms with van der Waals surface area (Å²) in [5.41, 5.74) is 0.0574. The molecule has 1 aliphatic rings. The molecule has 25 heavy (non-hydrogen) atoms. The molecule has 1 N–H and O–H groups in total. The van der Waals surface area contributed by atoms with Crippen LogP contribution in [0.1, 0.15) is 41.5 Å². The number of carbonyl (C=O) groups is 3. The number of amides is 2. The molecule has 0 saturated carbocycles. The summed E-state index contributed by atoms with van der Waals surface area (Å²) in [5.74, 6) is -2.33. The molecule has 9 heteroatoms. The van der Waals surface area contributed by atoms with E-state index in [0.717, 1.165) is 15.3 Å². The average molecular weight is 368 g/mol. The summed E-state index contributed by atoms with van der Waals surface area (Å²) in [4.78, 5) is 36.7. The lowest BCUT2D eigenvalue weighted by molar-refractivity contribution is -0.137. The number of benzene rings is 1. The van der Waals surface area contributed by atoms with Gasteiger partial charge >= 0.3 is 5.97 Å². The van der Waals surface area contributed by atoms with Crippen molar-refractivity contribution in [1.29, 1.82) is 0 Å². The lowest BCUT2D eigenvalue weighted by Crippen LogP contribution is -2.38. The Balaban J connectivity index is 2.44. The van der Waals surface area contributed by atoms with Gasteiger partial charge in [-0.3, -0.25) is 14.4 Å². The average Bonchev–Trinajstić information content (AvgIpc) is 2.71. The van der Waals surface area contributed by atoms with E-state index in [1.807, 2.05) is 13.8 Å². The van der Waals surface area contributed by atoms with E-state index in [9.17, 15) is 22.8 Å². The molecule has 0 aliphatic carbocycles. The summed E-state index contributed by atoms with van der Waals surface area (Å²) >= 11 is 0. The van der Waals surface area contributed by atoms with Crippen molar-refractivity contribution >= 4 is 27.8 Å². The first-order valence-corrected chi connectivity index (χ1v) is 9.25. The standard InChI is InChI=1S/C16H20N2O6S/c1-4-18-16(22)12-6-5-11(7-13(12)25(18,23)24)15(21)17(8-10(2)3)9-14(19)20/h5-7,10H,4,8-9H2,1-3H3,(H,19,20). The highest BCUT2D eigenvalue weighted by atomic mass is 32.2. The van der Waals surface area contributed by atoms with Crippen molar-refractivity contribution < 1.29 is 27.9 Å². The molecule has 1 aliphatic heterocycles. The van der Waals surface area contributed by atoms with Crippen LogP contribution >= 0.6 is 0 Å². The largest absolute Gasteiger partial charge is 0.480 e. The molecule has 136 valence electrons. The smallest absolute Gasteiger partial charge is 0.323 e. The predicted octanol–water partition coefficient (Wildman–Crippen LogP) is 1.03. The van der Waals surface area contributed by atoms with Crippen LogP contribution in [-0.4, -0.2) is 60.1 Å². The molecule has 0 saturated heterocycles. The molecule has 2 amide bonds. The maximum absolute atomic E-state index is 12.6. The molecule has 0 spiro atoms. The Hall–Kier alpha value is -2.42. The van der Waals surface area contributed by atoms with Crippen LogP contribution < -0.4 is 0 Å². The third-order valence-electron chi connectivity index (χ3n) is 3.74. The van der Waals surface area contributed by atoms with Crippen molar-refractivity contribution in [2.45, 2.75) is 25.7 Å². The first-order valence-electron chi connectivity index (χ1n) is 7.81. The zero-order chi connectivity index (χ0) is 18.9. The third kappa shape index (κ3) is 3.51. The molecular formula is C16H20N2O6S. The molecular weight excluding hydrogens is 348 g/mol. The third-order valence-corrected chi connectivity index (χ3v) is 5.64. The van der Waals surface area contributed by atoms with Gasteiger partial charge in [-0.15, -0.1) is 0 Å². The highest BCUT2D eigenvalue weighted by Crippen LogP contribution is 2.31. The molecule has 0 aromatic heterocycles. The summed E-state index contributed by atoms with van der Waals surface area (Å²) in [6, 6.07) is 3.80. The van der Waals surface area contributed by atoms with Gasteiger partial charge in [0.25, 0.3) is 21.8 Å². The van der Waals surface area contributed by atoms with Gasteiger partial charge in [-0.1, -0.05) is 13.8 Å². The predicted molar refractivity (Wildman–Crippen MR) is 88.7 cm³/mol. The van der Waals surface area contributed by atoms with Crippen molar-refractivity contribution in [2.75, 3.05) is 19.6 Å². The van der Waals surface area contributed by atoms with Gasteiger partial charge < -0.3 is 10.0 Å². The summed E-state index contributed by atoms with van der Waals surface area (Å²) in [7, 11) is -3.98. The van der Waals surface area contributed by atoms with Crippen LogP contribution in [0.25, 0.3) is 0 Å². The minimum absolute atomic E-state index is 0.00237. The number of carboxylic acids is 1. The number of fused-ring (bicyclic) bond motifs is 1. The van der Waals surface area contributed by atoms with E-state index in [4.69, 9.17) is 5.11 Å². The van der Waals surface area contributed by atoms with E-state index in [1.54, 1.807) is 6.92 Å². The van der Waals surface area contributed by atoms with E-state index in [2.05, 4.69) is 0 Å². The molecule has 0 fully saturated rings. The lowest BCUT2D eigenvalue weighted by Gasteiger charge is -2.23. The van der Waals surface area contributed by atoms with Gasteiger partial charge in [-0.2, -0.15) is 0 Å². The van der Waals surface area contributed by atoms with Crippen LogP contribution in [0.3, 0.4) is 0 Å². The van der Waals surface area contributed by atoms with Crippen molar-refractivity contribution in [3.05, 3.63) is 29.3 Å². The molecule has 2 rings (SSSR count). The number of hydrogen-bond donors (Lipinski definition) is 1. The number of rotatable bonds is 6. The number of carboxylic acid groups (broad SMARTS) is 1. The molecule has 1 heterocycles. The van der Waals surface area contributed by atoms with Crippen molar-refractivity contribution in [1.82, 2.24) is 9.21 Å². The Labute approximate surface area is 146 Å². The second-order valence-corrected chi connectivity index (χ2v) is 7.99. The second kappa shape index (κ2) is 6.83. The summed E-state index contributed by atoms with van der Waals surface area (Å²) in [6.45, 7) is 4.96. The first kappa shape index (κ1) is 18.9. The number of aliphatic carboxylic acids is 1. The maximum atomic E-state index is 12.6. The van der Waals surface area contributed by atoms with Crippen LogP contribution in [0.4, 0.5) is 0 Å². The van der Waals surface area contributed by atoms with Crippen LogP contribution in [0.5, 0.6) is 0 Å². The van der Waals surface area contributed by atoms with E-state index in [0.29, 0.717) is 0 Å². The minimum Gasteiger partial charge on any atom is -0.480 e. The molecule has 1 aromatic rings. The van der Waals surface area contributed by atoms with Gasteiger partial charge in [-0.25, -0.2) is 12.7 Å². The fourth-order valence-corrected chi connectivity index (χ4v) is 4.33. The van der Waals surface area contributed by atoms with Gasteiger partial charge in [-0.05, 0) is 31.0 Å². The molecule has 0 radical (unpaired) electrons. The Morgan fingerprint density at radius 2 is 1.92 bits per heavy atom. The van der Waals surface area contributed by atoms with Gasteiger partial charge in [0.1, 0.15) is 11.4 Å². The quantitative estimate of drug-likeness (QED) is 0.803. The van der Waals surface area contributed by atoms with Crippen molar-refractivity contribution in [3.8, 4) is 0 Å². The van der Waals surface area contributed by atoms with Gasteiger partial charge in [0.2, 0.25) is 0 Å². The Bertz CT molecular complexity index is 831. The van der Waals surface area contributed by atoms with Gasteiger partial charge in [0, 0.05) is 18.7 Å². The van der Waals surface area contributed by atoms with Crippen molar-refractivity contribution in [2.24, 2.45) is 5.92 Å². The molecule has 0 unspecified atom stereocenters. The zero-order valence-electron chi connectivity index (χ0n) is 14.2. The normalized spacial score (nSPS) is 15.4. The van der Waals surface area contributed by atoms with E-state index in [1.165, 1.54) is 12.1 Å². The topological polar surface area (TPSA) is 112 Å². The van der Waals surface area contributed by atoms with Gasteiger partial charge in [0.05, 0.1) is 5.56 Å². The van der Waals surface area contributed by atoms with Crippen LogP contribution in [0, 0.1) is 5.92 Å². The van der Waals surface area contributed by atoms with E-state index < -0.39 is 34.4 Å². The number of sulfonamides is 1. The molecule has 8 nitrogen and oxygen atoms in total. The number of carbonyl (C=O) groups excluding carboxylic acids is 2. The fraction of sp³-hybridized carbons (Fsp3) is 0.438. The number of hydrogen-bond acceptors (Lipinski definition) is 5. The SMILES string of the molecule is CCN1C(=O)c2ccc(C(=O)N(CC(=O)O)CC(C)C)cc2S1(=O)=O. The highest BCUT2D eigenvalue weighted by molar-refractivity contribution is 7.90. The Morgan fingerprint density at radius 1 is 1.28 bits per heavy atom. The van der Waals surface area contributed by atoms with Crippen LogP contribution in [-0.2, 0) is 14.8 Å². The molecule has 1 aromatic carbocycles. The van der Waals surface area contributed by atoms with E-state index in [-0.39, 0.29) is 35.0 Å². The Kier molecular flexibility index (Phi) is 5.17. The Morgan fingerprint density at radius 3 is 2.44 bits per heavy atom. The molecule has 0 atom stereocenters. The molecule has 0 bridgehead atoms. The van der Waals surface area contributed by atoms with Crippen LogP contribution in [0.15, 0.2) is 23.1 Å². The van der Waals surface area contributed by atoms with Crippen LogP contribution in [0.2, 0.25) is 0 Å².